The maximum Gasteiger partial charge on any atom is 0.417 e. The van der Waals surface area contributed by atoms with E-state index >= 15 is 0 Å². The van der Waals surface area contributed by atoms with Crippen LogP contribution in [-0.4, -0.2) is 24.3 Å². The number of aryl methyl sites for hydroxylation is 1. The van der Waals surface area contributed by atoms with Crippen LogP contribution in [-0.2, 0) is 13.2 Å². The van der Waals surface area contributed by atoms with Gasteiger partial charge in [0.05, 0.1) is 16.6 Å². The Balaban J connectivity index is 2.51. The zero-order valence-electron chi connectivity index (χ0n) is 14.3. The number of aromatic amines is 1. The Morgan fingerprint density at radius 1 is 1.35 bits per heavy atom. The lowest BCUT2D eigenvalue weighted by Crippen LogP contribution is -2.22. The summed E-state index contributed by atoms with van der Waals surface area (Å²) in [5, 5.41) is 3.59. The molecular formula is C16H16F3N5OS. The van der Waals surface area contributed by atoms with E-state index in [-0.39, 0.29) is 27.8 Å². The highest BCUT2D eigenvalue weighted by atomic mass is 32.1. The molecule has 10 heteroatoms. The van der Waals surface area contributed by atoms with Crippen LogP contribution in [0, 0.1) is 4.77 Å². The number of hydrogen-bond acceptors (Lipinski definition) is 4. The molecule has 0 unspecified atom stereocenters. The van der Waals surface area contributed by atoms with Crippen molar-refractivity contribution in [2.45, 2.75) is 32.5 Å². The molecule has 138 valence electrons. The van der Waals surface area contributed by atoms with Gasteiger partial charge in [0, 0.05) is 19.3 Å². The number of hydrogen-bond donors (Lipinski definition) is 1. The Morgan fingerprint density at radius 2 is 2.04 bits per heavy atom. The molecule has 26 heavy (non-hydrogen) atoms. The maximum absolute atomic E-state index is 13.7. The molecule has 0 aromatic carbocycles. The lowest BCUT2D eigenvalue weighted by molar-refractivity contribution is -0.136. The van der Waals surface area contributed by atoms with Gasteiger partial charge in [-0.3, -0.25) is 19.0 Å². The molecule has 1 atom stereocenters. The Labute approximate surface area is 151 Å². The Kier molecular flexibility index (Phi) is 4.47. The summed E-state index contributed by atoms with van der Waals surface area (Å²) in [5.74, 6) is 0. The lowest BCUT2D eigenvalue weighted by atomic mass is 10.1. The molecule has 3 heterocycles. The number of nitrogens with zero attached hydrogens (tertiary/aromatic N) is 4. The van der Waals surface area contributed by atoms with E-state index in [1.807, 2.05) is 6.92 Å². The largest absolute Gasteiger partial charge is 0.417 e. The molecule has 0 saturated heterocycles. The number of aromatic nitrogens is 5. The van der Waals surface area contributed by atoms with Gasteiger partial charge < -0.3 is 0 Å². The van der Waals surface area contributed by atoms with Gasteiger partial charge >= 0.3 is 6.18 Å². The average molecular weight is 383 g/mol. The quantitative estimate of drug-likeness (QED) is 0.698. The van der Waals surface area contributed by atoms with Gasteiger partial charge in [-0.1, -0.05) is 6.92 Å². The third kappa shape index (κ3) is 3.05. The predicted octanol–water partition coefficient (Wildman–Crippen LogP) is 3.84. The Morgan fingerprint density at radius 3 is 2.58 bits per heavy atom. The minimum absolute atomic E-state index is 0.0301. The number of H-pyrrole nitrogens is 1. The smallest absolute Gasteiger partial charge is 0.300 e. The minimum atomic E-state index is -4.73. The number of pyridine rings is 1. The molecule has 0 aliphatic rings. The van der Waals surface area contributed by atoms with E-state index in [1.54, 1.807) is 26.2 Å². The molecule has 0 aliphatic carbocycles. The zero-order valence-corrected chi connectivity index (χ0v) is 15.1. The third-order valence-corrected chi connectivity index (χ3v) is 4.51. The van der Waals surface area contributed by atoms with E-state index in [9.17, 15) is 18.0 Å². The second-order valence-corrected chi connectivity index (χ2v) is 6.40. The predicted molar refractivity (Wildman–Crippen MR) is 93.4 cm³/mol. The molecule has 0 saturated carbocycles. The average Bonchev–Trinajstić information content (AvgIpc) is 2.99. The molecule has 0 aliphatic heterocycles. The summed E-state index contributed by atoms with van der Waals surface area (Å²) in [6, 6.07) is 2.17. The first-order chi connectivity index (χ1) is 12.1. The topological polar surface area (TPSA) is 68.5 Å². The first-order valence-electron chi connectivity index (χ1n) is 7.90. The van der Waals surface area contributed by atoms with Crippen molar-refractivity contribution in [3.8, 4) is 11.4 Å². The fraction of sp³-hybridized carbons (Fsp3) is 0.375. The molecule has 3 aromatic heterocycles. The highest BCUT2D eigenvalue weighted by Gasteiger charge is 2.36. The van der Waals surface area contributed by atoms with Crippen LogP contribution in [0.3, 0.4) is 0 Å². The van der Waals surface area contributed by atoms with E-state index in [2.05, 4.69) is 15.1 Å². The SMILES string of the molecule is CC[C@@H](C)n1c(=S)[nH]c(=O)c2c(C(F)(F)F)cc(-c3ccn(C)n3)nc21. The minimum Gasteiger partial charge on any atom is -0.300 e. The summed E-state index contributed by atoms with van der Waals surface area (Å²) < 4.78 is 44.0. The summed E-state index contributed by atoms with van der Waals surface area (Å²) >= 11 is 5.18. The standard InChI is InChI=1S/C16H16F3N5OS/c1-4-8(2)24-13-12(14(25)21-15(24)26)9(16(17,18)19)7-11(20-13)10-5-6-23(3)22-10/h5-8H,4H2,1-3H3,(H,21,25,26)/t8-/m1/s1. The van der Waals surface area contributed by atoms with Crippen LogP contribution >= 0.6 is 12.2 Å². The summed E-state index contributed by atoms with van der Waals surface area (Å²) in [6.07, 6.45) is -2.52. The second kappa shape index (κ2) is 6.35. The van der Waals surface area contributed by atoms with Crippen molar-refractivity contribution in [3.63, 3.8) is 0 Å². The molecule has 0 radical (unpaired) electrons. The van der Waals surface area contributed by atoms with Crippen LogP contribution in [0.2, 0.25) is 0 Å². The van der Waals surface area contributed by atoms with Crippen molar-refractivity contribution in [1.29, 1.82) is 0 Å². The summed E-state index contributed by atoms with van der Waals surface area (Å²) in [7, 11) is 1.65. The van der Waals surface area contributed by atoms with E-state index in [4.69, 9.17) is 12.2 Å². The molecule has 6 nitrogen and oxygen atoms in total. The number of rotatable bonds is 3. The monoisotopic (exact) mass is 383 g/mol. The molecule has 0 amide bonds. The lowest BCUT2D eigenvalue weighted by Gasteiger charge is -2.19. The van der Waals surface area contributed by atoms with Crippen LogP contribution in [0.5, 0.6) is 0 Å². The van der Waals surface area contributed by atoms with Gasteiger partial charge in [-0.05, 0) is 37.7 Å². The number of nitrogens with one attached hydrogen (secondary N) is 1. The van der Waals surface area contributed by atoms with Crippen LogP contribution in [0.1, 0.15) is 31.9 Å². The third-order valence-electron chi connectivity index (χ3n) is 4.21. The van der Waals surface area contributed by atoms with Crippen molar-refractivity contribution in [1.82, 2.24) is 24.3 Å². The van der Waals surface area contributed by atoms with E-state index in [0.29, 0.717) is 6.42 Å². The van der Waals surface area contributed by atoms with Gasteiger partial charge in [0.1, 0.15) is 11.3 Å². The van der Waals surface area contributed by atoms with Gasteiger partial charge in [0.15, 0.2) is 4.77 Å². The maximum atomic E-state index is 13.7. The number of alkyl halides is 3. The van der Waals surface area contributed by atoms with Crippen molar-refractivity contribution < 1.29 is 13.2 Å². The fourth-order valence-corrected chi connectivity index (χ4v) is 3.10. The first kappa shape index (κ1) is 18.3. The zero-order chi connectivity index (χ0) is 19.2. The summed E-state index contributed by atoms with van der Waals surface area (Å²) in [5.41, 5.74) is -1.75. The summed E-state index contributed by atoms with van der Waals surface area (Å²) in [4.78, 5) is 18.9. The van der Waals surface area contributed by atoms with Crippen LogP contribution in [0.15, 0.2) is 23.1 Å². The highest BCUT2D eigenvalue weighted by molar-refractivity contribution is 7.71. The number of halogens is 3. The highest BCUT2D eigenvalue weighted by Crippen LogP contribution is 2.35. The van der Waals surface area contributed by atoms with Crippen molar-refractivity contribution in [2.75, 3.05) is 0 Å². The van der Waals surface area contributed by atoms with E-state index in [1.165, 1.54) is 9.25 Å². The van der Waals surface area contributed by atoms with E-state index in [0.717, 1.165) is 6.07 Å². The molecule has 0 fully saturated rings. The molecule has 0 spiro atoms. The van der Waals surface area contributed by atoms with Crippen LogP contribution < -0.4 is 5.56 Å². The van der Waals surface area contributed by atoms with E-state index < -0.39 is 22.7 Å². The van der Waals surface area contributed by atoms with Gasteiger partial charge in [-0.15, -0.1) is 0 Å². The molecule has 1 N–H and O–H groups in total. The first-order valence-corrected chi connectivity index (χ1v) is 8.31. The Hall–Kier alpha value is -2.49. The molecule has 3 aromatic rings. The van der Waals surface area contributed by atoms with Crippen LogP contribution in [0.25, 0.3) is 22.4 Å². The van der Waals surface area contributed by atoms with Crippen molar-refractivity contribution in [2.24, 2.45) is 7.05 Å². The second-order valence-electron chi connectivity index (χ2n) is 6.01. The van der Waals surface area contributed by atoms with Crippen LogP contribution in [0.4, 0.5) is 13.2 Å². The Bertz CT molecular complexity index is 1100. The molecule has 0 bridgehead atoms. The number of fused-ring (bicyclic) bond motifs is 1. The molecular weight excluding hydrogens is 367 g/mol. The van der Waals surface area contributed by atoms with Gasteiger partial charge in [-0.25, -0.2) is 4.98 Å². The normalized spacial score (nSPS) is 13.3. The van der Waals surface area contributed by atoms with Gasteiger partial charge in [0.2, 0.25) is 0 Å². The molecule has 3 rings (SSSR count). The van der Waals surface area contributed by atoms with Gasteiger partial charge in [0.25, 0.3) is 5.56 Å². The fourth-order valence-electron chi connectivity index (χ4n) is 2.74. The van der Waals surface area contributed by atoms with Gasteiger partial charge in [-0.2, -0.15) is 18.3 Å². The van der Waals surface area contributed by atoms with Crippen molar-refractivity contribution in [3.05, 3.63) is 39.0 Å². The van der Waals surface area contributed by atoms with Crippen molar-refractivity contribution >= 4 is 23.3 Å². The summed E-state index contributed by atoms with van der Waals surface area (Å²) in [6.45, 7) is 3.67.